The molecule has 0 saturated heterocycles. The van der Waals surface area contributed by atoms with Crippen molar-refractivity contribution in [1.82, 2.24) is 4.90 Å². The van der Waals surface area contributed by atoms with E-state index in [0.717, 1.165) is 19.1 Å². The molecule has 0 bridgehead atoms. The fourth-order valence-electron chi connectivity index (χ4n) is 1.13. The molecule has 0 aromatic heterocycles. The predicted octanol–water partition coefficient (Wildman–Crippen LogP) is 1.22. The van der Waals surface area contributed by atoms with Crippen LogP contribution in [0, 0.1) is 5.92 Å². The molecule has 19 heavy (non-hydrogen) atoms. The van der Waals surface area contributed by atoms with E-state index in [-0.39, 0.29) is 18.0 Å². The molecule has 0 amide bonds. The molecule has 5 heteroatoms. The number of aliphatic hydroxyl groups is 2. The smallest absolute Gasteiger partial charge is 0.167 e. The van der Waals surface area contributed by atoms with Crippen LogP contribution in [0.1, 0.15) is 47.5 Å². The summed E-state index contributed by atoms with van der Waals surface area (Å²) < 4.78 is 0. The Kier molecular flexibility index (Phi) is 19.3. The average Bonchev–Trinajstić information content (AvgIpc) is 2.37. The quantitative estimate of drug-likeness (QED) is 0.502. The number of nitrogens with zero attached hydrogens (tertiary/aromatic N) is 1. The van der Waals surface area contributed by atoms with E-state index in [2.05, 4.69) is 0 Å². The van der Waals surface area contributed by atoms with E-state index in [0.29, 0.717) is 0 Å². The summed E-state index contributed by atoms with van der Waals surface area (Å²) in [6.07, 6.45) is 1.35. The number of hydrogen-bond acceptors (Lipinski definition) is 5. The van der Waals surface area contributed by atoms with Crippen LogP contribution in [-0.2, 0) is 4.79 Å². The molecule has 0 aliphatic carbocycles. The number of carbonyl (C=O) groups excluding carboxylic acids is 1. The Balaban J connectivity index is -0.000000249. The molecule has 0 aliphatic heterocycles. The van der Waals surface area contributed by atoms with E-state index >= 15 is 0 Å². The molecule has 0 radical (unpaired) electrons. The van der Waals surface area contributed by atoms with E-state index in [1.54, 1.807) is 0 Å². The molecule has 0 fully saturated rings. The minimum absolute atomic E-state index is 0.120. The lowest BCUT2D eigenvalue weighted by atomic mass is 10.1. The van der Waals surface area contributed by atoms with Crippen LogP contribution in [0.5, 0.6) is 0 Å². The van der Waals surface area contributed by atoms with Crippen molar-refractivity contribution in [2.24, 2.45) is 11.7 Å². The average molecular weight is 278 g/mol. The van der Waals surface area contributed by atoms with Crippen LogP contribution in [0.3, 0.4) is 0 Å². The van der Waals surface area contributed by atoms with E-state index in [1.165, 1.54) is 0 Å². The molecular formula is C14H34N2O3. The maximum absolute atomic E-state index is 9.82. The standard InChI is InChI=1S/C7H17NO2.C5H11NO.C2H6/c1-4-5-6(7(9)10)8(2)3;1-4(2)5(6)3-7;1-2/h6-7,9-10H,4-5H2,1-3H3;3-5H,6H2,1-2H3;1-2H3/t;5-;/m.1./s1. The molecule has 5 nitrogen and oxygen atoms in total. The van der Waals surface area contributed by atoms with Crippen LogP contribution < -0.4 is 5.73 Å². The molecule has 0 rings (SSSR count). The number of aliphatic hydroxyl groups excluding tert-OH is 1. The predicted molar refractivity (Wildman–Crippen MR) is 80.8 cm³/mol. The van der Waals surface area contributed by atoms with Crippen LogP contribution in [0.15, 0.2) is 0 Å². The first-order valence-electron chi connectivity index (χ1n) is 7.01. The number of hydrogen-bond donors (Lipinski definition) is 3. The van der Waals surface area contributed by atoms with Gasteiger partial charge in [-0.2, -0.15) is 0 Å². The SMILES string of the molecule is CC.CC(C)[C@H](N)C=O.CCCC(C(O)O)N(C)C. The largest absolute Gasteiger partial charge is 0.367 e. The highest BCUT2D eigenvalue weighted by Gasteiger charge is 2.16. The Labute approximate surface area is 118 Å². The van der Waals surface area contributed by atoms with Crippen LogP contribution in [0.4, 0.5) is 0 Å². The monoisotopic (exact) mass is 278 g/mol. The molecule has 0 aliphatic rings. The first-order valence-corrected chi connectivity index (χ1v) is 7.01. The molecule has 1 unspecified atom stereocenters. The lowest BCUT2D eigenvalue weighted by Gasteiger charge is -2.24. The normalized spacial score (nSPS) is 13.3. The Morgan fingerprint density at radius 3 is 1.68 bits per heavy atom. The van der Waals surface area contributed by atoms with Gasteiger partial charge in [-0.1, -0.05) is 41.0 Å². The second-order valence-corrected chi connectivity index (χ2v) is 4.69. The molecule has 0 saturated carbocycles. The minimum atomic E-state index is -1.21. The van der Waals surface area contributed by atoms with Gasteiger partial charge >= 0.3 is 0 Å². The van der Waals surface area contributed by atoms with Crippen molar-refractivity contribution in [2.75, 3.05) is 14.1 Å². The second-order valence-electron chi connectivity index (χ2n) is 4.69. The summed E-state index contributed by atoms with van der Waals surface area (Å²) in [4.78, 5) is 11.6. The zero-order valence-electron chi connectivity index (χ0n) is 13.6. The molecule has 0 aromatic carbocycles. The van der Waals surface area contributed by atoms with Gasteiger partial charge in [0.2, 0.25) is 0 Å². The van der Waals surface area contributed by atoms with Gasteiger partial charge in [0.1, 0.15) is 6.29 Å². The first kappa shape index (κ1) is 23.6. The van der Waals surface area contributed by atoms with Crippen molar-refractivity contribution in [3.63, 3.8) is 0 Å². The minimum Gasteiger partial charge on any atom is -0.367 e. The van der Waals surface area contributed by atoms with Gasteiger partial charge in [0.25, 0.3) is 0 Å². The van der Waals surface area contributed by atoms with E-state index in [9.17, 15) is 4.79 Å². The maximum Gasteiger partial charge on any atom is 0.167 e. The summed E-state index contributed by atoms with van der Waals surface area (Å²) in [6, 6.07) is -0.398. The van der Waals surface area contributed by atoms with Gasteiger partial charge in [0.05, 0.1) is 12.1 Å². The summed E-state index contributed by atoms with van der Waals surface area (Å²) in [5, 5.41) is 17.7. The van der Waals surface area contributed by atoms with Gasteiger partial charge in [-0.05, 0) is 26.4 Å². The number of aldehydes is 1. The lowest BCUT2D eigenvalue weighted by molar-refractivity contribution is -0.109. The van der Waals surface area contributed by atoms with E-state index in [1.807, 2.05) is 53.6 Å². The third-order valence-electron chi connectivity index (χ3n) is 2.52. The van der Waals surface area contributed by atoms with Crippen LogP contribution in [0.2, 0.25) is 0 Å². The number of carbonyl (C=O) groups is 1. The molecule has 0 heterocycles. The molecule has 4 N–H and O–H groups in total. The molecule has 2 atom stereocenters. The first-order chi connectivity index (χ1) is 8.77. The van der Waals surface area contributed by atoms with Crippen molar-refractivity contribution in [3.05, 3.63) is 0 Å². The highest BCUT2D eigenvalue weighted by Crippen LogP contribution is 2.05. The molecule has 118 valence electrons. The molecular weight excluding hydrogens is 244 g/mol. The number of likely N-dealkylation sites (N-methyl/N-ethyl adjacent to an activating group) is 1. The maximum atomic E-state index is 9.82. The highest BCUT2D eigenvalue weighted by atomic mass is 16.5. The van der Waals surface area contributed by atoms with Crippen molar-refractivity contribution in [3.8, 4) is 0 Å². The third kappa shape index (κ3) is 15.5. The van der Waals surface area contributed by atoms with Crippen molar-refractivity contribution in [1.29, 1.82) is 0 Å². The Hall–Kier alpha value is -0.490. The van der Waals surface area contributed by atoms with E-state index < -0.39 is 6.29 Å². The second kappa shape index (κ2) is 15.6. The van der Waals surface area contributed by atoms with Crippen LogP contribution in [0.25, 0.3) is 0 Å². The van der Waals surface area contributed by atoms with Gasteiger partial charge < -0.3 is 25.6 Å². The Morgan fingerprint density at radius 1 is 1.21 bits per heavy atom. The summed E-state index contributed by atoms with van der Waals surface area (Å²) >= 11 is 0. The zero-order chi connectivity index (χ0) is 16.0. The topological polar surface area (TPSA) is 86.8 Å². The number of rotatable bonds is 6. The highest BCUT2D eigenvalue weighted by molar-refractivity contribution is 5.57. The summed E-state index contributed by atoms with van der Waals surface area (Å²) in [6.45, 7) is 9.86. The van der Waals surface area contributed by atoms with Crippen molar-refractivity contribution >= 4 is 6.29 Å². The van der Waals surface area contributed by atoms with Crippen LogP contribution in [-0.4, -0.2) is 53.9 Å². The number of nitrogens with two attached hydrogens (primary N) is 1. The van der Waals surface area contributed by atoms with Crippen molar-refractivity contribution < 1.29 is 15.0 Å². The van der Waals surface area contributed by atoms with Gasteiger partial charge in [0.15, 0.2) is 6.29 Å². The Bertz CT molecular complexity index is 178. The summed E-state index contributed by atoms with van der Waals surface area (Å²) in [5.41, 5.74) is 5.25. The molecule has 0 aromatic rings. The fourth-order valence-corrected chi connectivity index (χ4v) is 1.13. The summed E-state index contributed by atoms with van der Waals surface area (Å²) in [5.74, 6) is 0.275. The lowest BCUT2D eigenvalue weighted by Crippen LogP contribution is -2.38. The Morgan fingerprint density at radius 2 is 1.63 bits per heavy atom. The fraction of sp³-hybridized carbons (Fsp3) is 0.929. The van der Waals surface area contributed by atoms with Gasteiger partial charge in [0, 0.05) is 0 Å². The zero-order valence-corrected chi connectivity index (χ0v) is 13.6. The summed E-state index contributed by atoms with van der Waals surface area (Å²) in [7, 11) is 3.69. The van der Waals surface area contributed by atoms with Crippen LogP contribution >= 0.6 is 0 Å². The molecule has 0 spiro atoms. The van der Waals surface area contributed by atoms with Gasteiger partial charge in [-0.25, -0.2) is 0 Å². The van der Waals surface area contributed by atoms with E-state index in [4.69, 9.17) is 15.9 Å². The van der Waals surface area contributed by atoms with Gasteiger partial charge in [-0.3, -0.25) is 0 Å². The van der Waals surface area contributed by atoms with Crippen molar-refractivity contribution in [2.45, 2.75) is 65.8 Å². The third-order valence-corrected chi connectivity index (χ3v) is 2.52. The van der Waals surface area contributed by atoms with Gasteiger partial charge in [-0.15, -0.1) is 0 Å².